The lowest BCUT2D eigenvalue weighted by Crippen LogP contribution is -2.17. The third-order valence-electron chi connectivity index (χ3n) is 1.90. The lowest BCUT2D eigenvalue weighted by atomic mass is 10.4. The molecule has 1 heterocycles. The van der Waals surface area contributed by atoms with Gasteiger partial charge in [0, 0.05) is 5.75 Å². The maximum absolute atomic E-state index is 11.3. The van der Waals surface area contributed by atoms with Crippen molar-refractivity contribution < 1.29 is 14.5 Å². The Balaban J connectivity index is 3.14. The normalized spacial score (nSPS) is 9.85. The van der Waals surface area contributed by atoms with Crippen molar-refractivity contribution in [3.63, 3.8) is 0 Å². The molecule has 0 saturated heterocycles. The van der Waals surface area contributed by atoms with Gasteiger partial charge in [-0.1, -0.05) is 17.8 Å². The molecule has 0 aliphatic heterocycles. The molecule has 0 unspecified atom stereocenters. The summed E-state index contributed by atoms with van der Waals surface area (Å²) < 4.78 is 4.64. The van der Waals surface area contributed by atoms with Gasteiger partial charge in [0.25, 0.3) is 0 Å². The molecule has 1 rings (SSSR count). The van der Waals surface area contributed by atoms with Gasteiger partial charge in [-0.2, -0.15) is 9.97 Å². The first-order valence-corrected chi connectivity index (χ1v) is 6.47. The highest BCUT2D eigenvalue weighted by Gasteiger charge is 2.24. The average molecular weight is 299 g/mol. The lowest BCUT2D eigenvalue weighted by molar-refractivity contribution is -0.383. The van der Waals surface area contributed by atoms with E-state index >= 15 is 0 Å². The Labute approximate surface area is 118 Å². The SMILES string of the molecule is C=CCSc1nc(N)c([N+](=O)[O-])c(NC(=O)OCC)n1. The number of nitro groups is 1. The number of carbonyl (C=O) groups excluding carboxylic acids is 1. The molecule has 9 nitrogen and oxygen atoms in total. The van der Waals surface area contributed by atoms with Crippen molar-refractivity contribution in [3.8, 4) is 0 Å². The summed E-state index contributed by atoms with van der Waals surface area (Å²) in [4.78, 5) is 29.2. The van der Waals surface area contributed by atoms with Gasteiger partial charge >= 0.3 is 11.8 Å². The highest BCUT2D eigenvalue weighted by molar-refractivity contribution is 7.99. The first-order chi connectivity index (χ1) is 9.49. The van der Waals surface area contributed by atoms with Crippen LogP contribution < -0.4 is 11.1 Å². The minimum Gasteiger partial charge on any atom is -0.450 e. The van der Waals surface area contributed by atoms with Crippen LogP contribution in [0.5, 0.6) is 0 Å². The number of nitrogen functional groups attached to an aromatic ring is 1. The molecule has 20 heavy (non-hydrogen) atoms. The van der Waals surface area contributed by atoms with Gasteiger partial charge in [-0.15, -0.1) is 6.58 Å². The van der Waals surface area contributed by atoms with Crippen LogP contribution in [0.3, 0.4) is 0 Å². The summed E-state index contributed by atoms with van der Waals surface area (Å²) in [6.45, 7) is 5.26. The van der Waals surface area contributed by atoms with Gasteiger partial charge in [-0.3, -0.25) is 15.4 Å². The molecule has 0 spiro atoms. The van der Waals surface area contributed by atoms with Gasteiger partial charge in [0.2, 0.25) is 11.6 Å². The van der Waals surface area contributed by atoms with Crippen molar-refractivity contribution in [2.45, 2.75) is 12.1 Å². The number of nitrogens with two attached hydrogens (primary N) is 1. The molecule has 3 N–H and O–H groups in total. The Morgan fingerprint density at radius 1 is 1.65 bits per heavy atom. The van der Waals surface area contributed by atoms with E-state index in [1.54, 1.807) is 13.0 Å². The number of anilines is 2. The van der Waals surface area contributed by atoms with E-state index in [0.29, 0.717) is 5.75 Å². The standard InChI is InChI=1S/C10H13N5O4S/c1-3-5-20-9-12-7(11)6(15(17)18)8(13-9)14-10(16)19-4-2/h3H,1,4-5H2,2H3,(H3,11,12,13,14,16). The first-order valence-electron chi connectivity index (χ1n) is 5.49. The average Bonchev–Trinajstić information content (AvgIpc) is 2.35. The zero-order valence-electron chi connectivity index (χ0n) is 10.7. The summed E-state index contributed by atoms with van der Waals surface area (Å²) in [6, 6.07) is 0. The van der Waals surface area contributed by atoms with Crippen molar-refractivity contribution in [2.75, 3.05) is 23.4 Å². The van der Waals surface area contributed by atoms with Crippen LogP contribution in [-0.4, -0.2) is 33.3 Å². The van der Waals surface area contributed by atoms with E-state index in [1.807, 2.05) is 0 Å². The predicted octanol–water partition coefficient (Wildman–Crippen LogP) is 1.81. The summed E-state index contributed by atoms with van der Waals surface area (Å²) in [6.07, 6.45) is 0.762. The van der Waals surface area contributed by atoms with Gasteiger partial charge in [0.05, 0.1) is 11.5 Å². The van der Waals surface area contributed by atoms with Gasteiger partial charge < -0.3 is 10.5 Å². The molecular formula is C10H13N5O4S. The Hall–Kier alpha value is -2.36. The van der Waals surface area contributed by atoms with Gasteiger partial charge in [-0.05, 0) is 6.92 Å². The summed E-state index contributed by atoms with van der Waals surface area (Å²) in [5.41, 5.74) is 4.95. The number of ether oxygens (including phenoxy) is 1. The number of rotatable bonds is 6. The monoisotopic (exact) mass is 299 g/mol. The molecule has 0 fully saturated rings. The first kappa shape index (κ1) is 15.7. The molecule has 0 bridgehead atoms. The number of nitrogens with one attached hydrogen (secondary N) is 1. The summed E-state index contributed by atoms with van der Waals surface area (Å²) in [5.74, 6) is -0.133. The van der Waals surface area contributed by atoms with Gasteiger partial charge in [0.15, 0.2) is 5.16 Å². The van der Waals surface area contributed by atoms with Crippen LogP contribution in [0, 0.1) is 10.1 Å². The largest absolute Gasteiger partial charge is 0.450 e. The molecular weight excluding hydrogens is 286 g/mol. The number of hydrogen-bond acceptors (Lipinski definition) is 8. The Morgan fingerprint density at radius 2 is 2.35 bits per heavy atom. The number of hydrogen-bond donors (Lipinski definition) is 2. The molecule has 0 aliphatic rings. The topological polar surface area (TPSA) is 133 Å². The lowest BCUT2D eigenvalue weighted by Gasteiger charge is -2.07. The highest BCUT2D eigenvalue weighted by Crippen LogP contribution is 2.30. The van der Waals surface area contributed by atoms with Gasteiger partial charge in [-0.25, -0.2) is 4.79 Å². The maximum Gasteiger partial charge on any atom is 0.412 e. The predicted molar refractivity (Wildman–Crippen MR) is 74.7 cm³/mol. The zero-order chi connectivity index (χ0) is 15.1. The van der Waals surface area contributed by atoms with Crippen LogP contribution in [-0.2, 0) is 4.74 Å². The Kier molecular flexibility index (Phi) is 5.72. The summed E-state index contributed by atoms with van der Waals surface area (Å²) >= 11 is 1.17. The van der Waals surface area contributed by atoms with Crippen LogP contribution >= 0.6 is 11.8 Å². The van der Waals surface area contributed by atoms with Crippen molar-refractivity contribution in [1.29, 1.82) is 0 Å². The molecule has 1 aromatic rings. The van der Waals surface area contributed by atoms with Crippen molar-refractivity contribution >= 4 is 35.2 Å². The molecule has 10 heteroatoms. The van der Waals surface area contributed by atoms with E-state index < -0.39 is 16.7 Å². The fourth-order valence-corrected chi connectivity index (χ4v) is 1.77. The number of aromatic nitrogens is 2. The highest BCUT2D eigenvalue weighted by atomic mass is 32.2. The fourth-order valence-electron chi connectivity index (χ4n) is 1.18. The molecule has 0 saturated carbocycles. The van der Waals surface area contributed by atoms with Crippen molar-refractivity contribution in [1.82, 2.24) is 9.97 Å². The number of carbonyl (C=O) groups is 1. The second-order valence-electron chi connectivity index (χ2n) is 3.29. The Morgan fingerprint density at radius 3 is 2.90 bits per heavy atom. The van der Waals surface area contributed by atoms with Gasteiger partial charge in [0.1, 0.15) is 0 Å². The minimum atomic E-state index is -0.853. The van der Waals surface area contributed by atoms with E-state index in [0.717, 1.165) is 0 Å². The molecule has 0 radical (unpaired) electrons. The molecule has 0 atom stereocenters. The molecule has 108 valence electrons. The molecule has 0 aromatic carbocycles. The Bertz CT molecular complexity index is 537. The number of thioether (sulfide) groups is 1. The van der Waals surface area contributed by atoms with Crippen LogP contribution in [0.4, 0.5) is 22.1 Å². The van der Waals surface area contributed by atoms with E-state index in [9.17, 15) is 14.9 Å². The third kappa shape index (κ3) is 4.09. The van der Waals surface area contributed by atoms with E-state index in [1.165, 1.54) is 11.8 Å². The number of nitrogens with zero attached hydrogens (tertiary/aromatic N) is 3. The fraction of sp³-hybridized carbons (Fsp3) is 0.300. The number of amides is 1. The van der Waals surface area contributed by atoms with Crippen molar-refractivity contribution in [3.05, 3.63) is 22.8 Å². The van der Waals surface area contributed by atoms with E-state index in [-0.39, 0.29) is 23.4 Å². The quantitative estimate of drug-likeness (QED) is 0.267. The smallest absolute Gasteiger partial charge is 0.412 e. The van der Waals surface area contributed by atoms with Crippen LogP contribution in [0.25, 0.3) is 0 Å². The molecule has 0 aliphatic carbocycles. The van der Waals surface area contributed by atoms with E-state index in [2.05, 4.69) is 26.6 Å². The molecule has 1 aromatic heterocycles. The van der Waals surface area contributed by atoms with Crippen LogP contribution in [0.1, 0.15) is 6.92 Å². The zero-order valence-corrected chi connectivity index (χ0v) is 11.5. The van der Waals surface area contributed by atoms with Crippen LogP contribution in [0.2, 0.25) is 0 Å². The summed E-state index contributed by atoms with van der Waals surface area (Å²) in [7, 11) is 0. The minimum absolute atomic E-state index is 0.123. The van der Waals surface area contributed by atoms with Crippen LogP contribution in [0.15, 0.2) is 17.8 Å². The summed E-state index contributed by atoms with van der Waals surface area (Å²) in [5, 5.41) is 13.3. The van der Waals surface area contributed by atoms with E-state index in [4.69, 9.17) is 5.73 Å². The second kappa shape index (κ2) is 7.28. The van der Waals surface area contributed by atoms with Crippen molar-refractivity contribution in [2.24, 2.45) is 0 Å². The molecule has 1 amide bonds. The second-order valence-corrected chi connectivity index (χ2v) is 4.28. The third-order valence-corrected chi connectivity index (χ3v) is 2.74. The maximum atomic E-state index is 11.3.